The van der Waals surface area contributed by atoms with Gasteiger partial charge in [0.1, 0.15) is 0 Å². The standard InChI is InChI=1S/C59H100N2.Ni/c1-5-9-12-15-18-20-22-24-26-28-30-32-34-36-39-43-54-46-50-56(51-47-54)60-58(42-8-4)59(45-41-38-17-14-11-7-3)61-57-52-48-55(49-53-57)44-40-37-35-33-31-29-27-25-23-21-19-16-13-10-6-2;/h8,42,46-53H,5-7,9-41,43-45H2,1-4H3;/b42-8-,60-58?,61-59?;. The van der Waals surface area contributed by atoms with Gasteiger partial charge in [-0.15, -0.1) is 0 Å². The van der Waals surface area contributed by atoms with Gasteiger partial charge in [0.05, 0.1) is 22.8 Å². The Morgan fingerprint density at radius 2 is 0.629 bits per heavy atom. The molecule has 0 spiro atoms. The smallest absolute Gasteiger partial charge is 0.0848 e. The van der Waals surface area contributed by atoms with Gasteiger partial charge in [0.2, 0.25) is 0 Å². The zero-order chi connectivity index (χ0) is 43.5. The maximum Gasteiger partial charge on any atom is 0.0848 e. The minimum atomic E-state index is 0. The van der Waals surface area contributed by atoms with E-state index in [0.29, 0.717) is 0 Å². The van der Waals surface area contributed by atoms with E-state index in [-0.39, 0.29) is 16.5 Å². The molecule has 356 valence electrons. The molecule has 0 aliphatic carbocycles. The first kappa shape index (κ1) is 58.0. The van der Waals surface area contributed by atoms with Crippen LogP contribution in [0.4, 0.5) is 11.4 Å². The van der Waals surface area contributed by atoms with Gasteiger partial charge in [0.25, 0.3) is 0 Å². The number of rotatable bonds is 43. The summed E-state index contributed by atoms with van der Waals surface area (Å²) in [6.45, 7) is 9.01. The van der Waals surface area contributed by atoms with Crippen LogP contribution in [0.5, 0.6) is 0 Å². The van der Waals surface area contributed by atoms with Gasteiger partial charge in [0, 0.05) is 16.5 Å². The zero-order valence-corrected chi connectivity index (χ0v) is 42.5. The van der Waals surface area contributed by atoms with Crippen LogP contribution in [0.1, 0.15) is 276 Å². The van der Waals surface area contributed by atoms with Crippen LogP contribution in [0.25, 0.3) is 0 Å². The average Bonchev–Trinajstić information content (AvgIpc) is 3.28. The number of aliphatic imine (C=N–C) groups is 2. The molecule has 0 unspecified atom stereocenters. The molecule has 0 aliphatic rings. The Labute approximate surface area is 397 Å². The molecule has 0 saturated carbocycles. The van der Waals surface area contributed by atoms with Gasteiger partial charge >= 0.3 is 0 Å². The molecule has 2 rings (SSSR count). The van der Waals surface area contributed by atoms with E-state index in [9.17, 15) is 0 Å². The van der Waals surface area contributed by atoms with Gasteiger partial charge in [-0.3, -0.25) is 4.99 Å². The first-order valence-corrected chi connectivity index (χ1v) is 27.2. The molecule has 0 aromatic heterocycles. The summed E-state index contributed by atoms with van der Waals surface area (Å²) in [7, 11) is 0. The topological polar surface area (TPSA) is 24.7 Å². The molecule has 0 radical (unpaired) electrons. The van der Waals surface area contributed by atoms with E-state index in [2.05, 4.69) is 88.4 Å². The minimum Gasteiger partial charge on any atom is -0.251 e. The molecule has 0 bridgehead atoms. The normalized spacial score (nSPS) is 12.1. The van der Waals surface area contributed by atoms with Crippen LogP contribution in [0.3, 0.4) is 0 Å². The maximum atomic E-state index is 5.28. The van der Waals surface area contributed by atoms with Gasteiger partial charge < -0.3 is 0 Å². The van der Waals surface area contributed by atoms with Crippen LogP contribution in [0.2, 0.25) is 0 Å². The molecule has 0 heterocycles. The number of unbranched alkanes of at least 4 members (excludes halogenated alkanes) is 33. The fourth-order valence-corrected chi connectivity index (χ4v) is 8.84. The molecule has 62 heavy (non-hydrogen) atoms. The van der Waals surface area contributed by atoms with Gasteiger partial charge in [-0.2, -0.15) is 0 Å². The quantitative estimate of drug-likeness (QED) is 0.0360. The maximum absolute atomic E-state index is 5.28. The van der Waals surface area contributed by atoms with Crippen LogP contribution in [0, 0.1) is 0 Å². The molecule has 2 aromatic carbocycles. The van der Waals surface area contributed by atoms with E-state index < -0.39 is 0 Å². The van der Waals surface area contributed by atoms with Crippen molar-refractivity contribution in [3.8, 4) is 0 Å². The summed E-state index contributed by atoms with van der Waals surface area (Å²) >= 11 is 0. The second kappa shape index (κ2) is 44.2. The van der Waals surface area contributed by atoms with Crippen molar-refractivity contribution in [2.45, 2.75) is 278 Å². The summed E-state index contributed by atoms with van der Waals surface area (Å²) < 4.78 is 0. The summed E-state index contributed by atoms with van der Waals surface area (Å²) in [5.74, 6) is 0. The second-order valence-corrected chi connectivity index (χ2v) is 18.8. The zero-order valence-electron chi connectivity index (χ0n) is 41.6. The Morgan fingerprint density at radius 1 is 0.355 bits per heavy atom. The summed E-state index contributed by atoms with van der Waals surface area (Å²) in [5, 5.41) is 0. The van der Waals surface area contributed by atoms with Crippen molar-refractivity contribution in [3.05, 3.63) is 71.8 Å². The second-order valence-electron chi connectivity index (χ2n) is 18.8. The largest absolute Gasteiger partial charge is 0.251 e. The summed E-state index contributed by atoms with van der Waals surface area (Å²) in [4.78, 5) is 10.5. The number of allylic oxidation sites excluding steroid dienone is 2. The summed E-state index contributed by atoms with van der Waals surface area (Å²) in [6, 6.07) is 18.2. The van der Waals surface area contributed by atoms with E-state index in [4.69, 9.17) is 9.98 Å². The first-order valence-electron chi connectivity index (χ1n) is 27.2. The third-order valence-electron chi connectivity index (χ3n) is 12.9. The van der Waals surface area contributed by atoms with E-state index >= 15 is 0 Å². The molecule has 0 fully saturated rings. The van der Waals surface area contributed by atoms with Gasteiger partial charge in [-0.05, 0) is 86.9 Å². The van der Waals surface area contributed by atoms with E-state index in [1.54, 1.807) is 0 Å². The van der Waals surface area contributed by atoms with Gasteiger partial charge in [-0.1, -0.05) is 263 Å². The fourth-order valence-electron chi connectivity index (χ4n) is 8.84. The van der Waals surface area contributed by atoms with Crippen LogP contribution in [-0.2, 0) is 29.3 Å². The molecular weight excluding hydrogens is 795 g/mol. The Bertz CT molecular complexity index is 1320. The van der Waals surface area contributed by atoms with E-state index in [0.717, 1.165) is 35.6 Å². The average molecular weight is 896 g/mol. The van der Waals surface area contributed by atoms with E-state index in [1.165, 1.54) is 249 Å². The SMILES string of the molecule is C/C=C\C(=Nc1ccc(CCCCCCCCCCCCCCCCC)cc1)C(CCCCCCCC)=Nc1ccc(CCCCCCCCCCCCCCCCC)cc1.[Ni]. The van der Waals surface area contributed by atoms with Crippen LogP contribution in [0.15, 0.2) is 70.7 Å². The number of nitrogens with zero attached hydrogens (tertiary/aromatic N) is 2. The summed E-state index contributed by atoms with van der Waals surface area (Å²) in [5.41, 5.74) is 7.09. The molecule has 2 nitrogen and oxygen atoms in total. The molecule has 0 N–H and O–H groups in total. The number of benzene rings is 2. The van der Waals surface area contributed by atoms with Gasteiger partial charge in [-0.25, -0.2) is 4.99 Å². The van der Waals surface area contributed by atoms with Crippen molar-refractivity contribution >= 4 is 22.8 Å². The van der Waals surface area contributed by atoms with E-state index in [1.807, 2.05) is 0 Å². The first-order chi connectivity index (χ1) is 30.2. The third kappa shape index (κ3) is 33.5. The third-order valence-corrected chi connectivity index (χ3v) is 12.9. The molecular formula is C59H100N2Ni. The van der Waals surface area contributed by atoms with Crippen LogP contribution < -0.4 is 0 Å². The van der Waals surface area contributed by atoms with Crippen molar-refractivity contribution in [2.75, 3.05) is 0 Å². The van der Waals surface area contributed by atoms with Crippen molar-refractivity contribution in [2.24, 2.45) is 9.98 Å². The van der Waals surface area contributed by atoms with Crippen molar-refractivity contribution in [1.82, 2.24) is 0 Å². The number of hydrogen-bond acceptors (Lipinski definition) is 2. The Morgan fingerprint density at radius 3 is 0.935 bits per heavy atom. The fraction of sp³-hybridized carbons (Fsp3) is 0.729. The predicted octanol–water partition coefficient (Wildman–Crippen LogP) is 20.7. The van der Waals surface area contributed by atoms with Crippen molar-refractivity contribution in [3.63, 3.8) is 0 Å². The predicted molar refractivity (Wildman–Crippen MR) is 277 cm³/mol. The number of hydrogen-bond donors (Lipinski definition) is 0. The van der Waals surface area contributed by atoms with Crippen LogP contribution in [-0.4, -0.2) is 11.4 Å². The van der Waals surface area contributed by atoms with Gasteiger partial charge in [0.15, 0.2) is 0 Å². The van der Waals surface area contributed by atoms with Crippen molar-refractivity contribution in [1.29, 1.82) is 0 Å². The molecule has 0 amide bonds. The molecule has 0 aliphatic heterocycles. The molecule has 3 heteroatoms. The minimum absolute atomic E-state index is 0. The Balaban J connectivity index is 0.0000192. The molecule has 0 atom stereocenters. The van der Waals surface area contributed by atoms with Crippen LogP contribution >= 0.6 is 0 Å². The Hall–Kier alpha value is -1.99. The number of aryl methyl sites for hydroxylation is 2. The molecule has 0 saturated heterocycles. The molecule has 2 aromatic rings. The Kier molecular flexibility index (Phi) is 41.4. The monoisotopic (exact) mass is 895 g/mol. The van der Waals surface area contributed by atoms with Crippen molar-refractivity contribution < 1.29 is 16.5 Å². The summed E-state index contributed by atoms with van der Waals surface area (Å²) in [6.07, 6.45) is 57.8.